The molecule has 160 valence electrons. The highest BCUT2D eigenvalue weighted by molar-refractivity contribution is 5.78. The third-order valence-corrected chi connectivity index (χ3v) is 6.44. The largest absolute Gasteiger partial charge is 0.492 e. The lowest BCUT2D eigenvalue weighted by Crippen LogP contribution is -2.50. The summed E-state index contributed by atoms with van der Waals surface area (Å²) in [6.45, 7) is 6.78. The van der Waals surface area contributed by atoms with Crippen LogP contribution in [0, 0.1) is 0 Å². The quantitative estimate of drug-likeness (QED) is 0.731. The molecule has 5 nitrogen and oxygen atoms in total. The highest BCUT2D eigenvalue weighted by atomic mass is 16.5. The molecule has 30 heavy (non-hydrogen) atoms. The maximum atomic E-state index is 13.1. The maximum absolute atomic E-state index is 13.1. The Morgan fingerprint density at radius 1 is 1.07 bits per heavy atom. The summed E-state index contributed by atoms with van der Waals surface area (Å²) in [4.78, 5) is 19.7. The predicted octanol–water partition coefficient (Wildman–Crippen LogP) is 3.74. The lowest BCUT2D eigenvalue weighted by Gasteiger charge is -2.38. The van der Waals surface area contributed by atoms with Crippen LogP contribution in [-0.2, 0) is 11.2 Å². The fourth-order valence-corrected chi connectivity index (χ4v) is 4.75. The van der Waals surface area contributed by atoms with Gasteiger partial charge in [0.25, 0.3) is 0 Å². The third kappa shape index (κ3) is 4.46. The van der Waals surface area contributed by atoms with Gasteiger partial charge in [-0.25, -0.2) is 0 Å². The minimum Gasteiger partial charge on any atom is -0.492 e. The zero-order valence-corrected chi connectivity index (χ0v) is 18.2. The Morgan fingerprint density at radius 2 is 1.80 bits per heavy atom. The number of likely N-dealkylation sites (N-methyl/N-ethyl adjacent to an activating group) is 1. The number of amides is 1. The highest BCUT2D eigenvalue weighted by Gasteiger charge is 2.28. The van der Waals surface area contributed by atoms with Gasteiger partial charge in [0, 0.05) is 33.2 Å². The van der Waals surface area contributed by atoms with Gasteiger partial charge in [0.1, 0.15) is 5.75 Å². The van der Waals surface area contributed by atoms with Crippen molar-refractivity contribution in [2.75, 3.05) is 51.3 Å². The Kier molecular flexibility index (Phi) is 6.58. The molecule has 1 aliphatic carbocycles. The fraction of sp³-hybridized carbons (Fsp3) is 0.480. The normalized spacial score (nSPS) is 19.3. The SMILES string of the molecule is CCOc1ccccc1N1CCN(CC(=O)N(C)[C@@H]2CCCc3ccccc32)CC1. The Labute approximate surface area is 180 Å². The Hall–Kier alpha value is -2.53. The molecule has 5 heteroatoms. The van der Waals surface area contributed by atoms with Crippen LogP contribution >= 0.6 is 0 Å². The van der Waals surface area contributed by atoms with Crippen molar-refractivity contribution in [3.8, 4) is 5.75 Å². The average molecular weight is 408 g/mol. The van der Waals surface area contributed by atoms with Crippen LogP contribution in [0.2, 0.25) is 0 Å². The Bertz CT molecular complexity index is 861. The van der Waals surface area contributed by atoms with Crippen molar-refractivity contribution in [1.82, 2.24) is 9.80 Å². The molecule has 0 spiro atoms. The van der Waals surface area contributed by atoms with Crippen molar-refractivity contribution in [1.29, 1.82) is 0 Å². The van der Waals surface area contributed by atoms with Gasteiger partial charge in [-0.2, -0.15) is 0 Å². The zero-order valence-electron chi connectivity index (χ0n) is 18.2. The van der Waals surface area contributed by atoms with Crippen molar-refractivity contribution in [3.63, 3.8) is 0 Å². The fourth-order valence-electron chi connectivity index (χ4n) is 4.75. The van der Waals surface area contributed by atoms with Crippen LogP contribution in [0.15, 0.2) is 48.5 Å². The molecule has 4 rings (SSSR count). The van der Waals surface area contributed by atoms with Gasteiger partial charge in [0.15, 0.2) is 0 Å². The van der Waals surface area contributed by atoms with E-state index in [0.29, 0.717) is 13.2 Å². The molecule has 0 unspecified atom stereocenters. The van der Waals surface area contributed by atoms with Crippen LogP contribution in [0.3, 0.4) is 0 Å². The molecule has 0 radical (unpaired) electrons. The van der Waals surface area contributed by atoms with Gasteiger partial charge >= 0.3 is 0 Å². The van der Waals surface area contributed by atoms with Crippen LogP contribution in [0.25, 0.3) is 0 Å². The van der Waals surface area contributed by atoms with E-state index in [1.165, 1.54) is 11.1 Å². The molecular formula is C25H33N3O2. The van der Waals surface area contributed by atoms with Crippen LogP contribution < -0.4 is 9.64 Å². The average Bonchev–Trinajstić information content (AvgIpc) is 2.79. The van der Waals surface area contributed by atoms with Gasteiger partial charge in [-0.15, -0.1) is 0 Å². The van der Waals surface area contributed by atoms with E-state index in [2.05, 4.69) is 46.2 Å². The molecule has 1 atom stereocenters. The van der Waals surface area contributed by atoms with Crippen molar-refractivity contribution in [3.05, 3.63) is 59.7 Å². The second-order valence-corrected chi connectivity index (χ2v) is 8.28. The topological polar surface area (TPSA) is 36.0 Å². The van der Waals surface area contributed by atoms with Crippen LogP contribution in [0.5, 0.6) is 5.75 Å². The Morgan fingerprint density at radius 3 is 2.60 bits per heavy atom. The van der Waals surface area contributed by atoms with E-state index in [9.17, 15) is 4.79 Å². The molecule has 0 saturated carbocycles. The first-order chi connectivity index (χ1) is 14.7. The van der Waals surface area contributed by atoms with Crippen LogP contribution in [0.4, 0.5) is 5.69 Å². The number of benzene rings is 2. The first-order valence-electron chi connectivity index (χ1n) is 11.2. The monoisotopic (exact) mass is 407 g/mol. The van der Waals surface area contributed by atoms with Crippen molar-refractivity contribution in [2.45, 2.75) is 32.2 Å². The molecular weight excluding hydrogens is 374 g/mol. The number of nitrogens with zero attached hydrogens (tertiary/aromatic N) is 3. The van der Waals surface area contributed by atoms with Gasteiger partial charge < -0.3 is 14.5 Å². The zero-order chi connectivity index (χ0) is 20.9. The van der Waals surface area contributed by atoms with Gasteiger partial charge in [-0.1, -0.05) is 36.4 Å². The van der Waals surface area contributed by atoms with Crippen molar-refractivity contribution < 1.29 is 9.53 Å². The number of piperazine rings is 1. The van der Waals surface area contributed by atoms with E-state index in [-0.39, 0.29) is 11.9 Å². The first-order valence-corrected chi connectivity index (χ1v) is 11.2. The summed E-state index contributed by atoms with van der Waals surface area (Å²) in [5.41, 5.74) is 3.88. The molecule has 2 aromatic rings. The predicted molar refractivity (Wildman–Crippen MR) is 121 cm³/mol. The van der Waals surface area contributed by atoms with Gasteiger partial charge in [0.2, 0.25) is 5.91 Å². The summed E-state index contributed by atoms with van der Waals surface area (Å²) in [7, 11) is 1.98. The summed E-state index contributed by atoms with van der Waals surface area (Å²) in [5, 5.41) is 0. The number of anilines is 1. The van der Waals surface area contributed by atoms with Gasteiger partial charge in [0.05, 0.1) is 24.9 Å². The second-order valence-electron chi connectivity index (χ2n) is 8.28. The minimum atomic E-state index is 0.210. The summed E-state index contributed by atoms with van der Waals surface area (Å²) in [6.07, 6.45) is 3.33. The molecule has 2 aromatic carbocycles. The standard InChI is InChI=1S/C25H33N3O2/c1-3-30-24-14-7-6-12-23(24)28-17-15-27(16-18-28)19-25(29)26(2)22-13-8-10-20-9-4-5-11-21(20)22/h4-7,9,11-12,14,22H,3,8,10,13,15-19H2,1-2H3/t22-/m1/s1. The van der Waals surface area contributed by atoms with E-state index in [0.717, 1.165) is 56.9 Å². The van der Waals surface area contributed by atoms with E-state index < -0.39 is 0 Å². The number of hydrogen-bond donors (Lipinski definition) is 0. The number of hydrogen-bond acceptors (Lipinski definition) is 4. The lowest BCUT2D eigenvalue weighted by molar-refractivity contribution is -0.133. The summed E-state index contributed by atoms with van der Waals surface area (Å²) < 4.78 is 5.79. The maximum Gasteiger partial charge on any atom is 0.237 e. The number of carbonyl (C=O) groups is 1. The lowest BCUT2D eigenvalue weighted by atomic mass is 9.87. The molecule has 0 bridgehead atoms. The highest BCUT2D eigenvalue weighted by Crippen LogP contribution is 2.33. The number of rotatable bonds is 6. The molecule has 1 fully saturated rings. The van der Waals surface area contributed by atoms with Crippen molar-refractivity contribution in [2.24, 2.45) is 0 Å². The number of fused-ring (bicyclic) bond motifs is 1. The number of para-hydroxylation sites is 2. The second kappa shape index (κ2) is 9.52. The first kappa shape index (κ1) is 20.7. The summed E-state index contributed by atoms with van der Waals surface area (Å²) in [5.74, 6) is 1.17. The molecule has 2 aliphatic rings. The Balaban J connectivity index is 1.34. The molecule has 1 saturated heterocycles. The molecule has 1 amide bonds. The van der Waals surface area contributed by atoms with E-state index >= 15 is 0 Å². The van der Waals surface area contributed by atoms with Crippen LogP contribution in [-0.4, -0.2) is 62.1 Å². The van der Waals surface area contributed by atoms with Crippen LogP contribution in [0.1, 0.15) is 36.9 Å². The van der Waals surface area contributed by atoms with E-state index in [4.69, 9.17) is 4.74 Å². The number of ether oxygens (including phenoxy) is 1. The molecule has 1 aliphatic heterocycles. The minimum absolute atomic E-state index is 0.210. The van der Waals surface area contributed by atoms with Crippen molar-refractivity contribution >= 4 is 11.6 Å². The third-order valence-electron chi connectivity index (χ3n) is 6.44. The number of carbonyl (C=O) groups excluding carboxylic acids is 1. The molecule has 0 N–H and O–H groups in total. The van der Waals surface area contributed by atoms with Gasteiger partial charge in [-0.3, -0.25) is 9.69 Å². The summed E-state index contributed by atoms with van der Waals surface area (Å²) >= 11 is 0. The molecule has 0 aromatic heterocycles. The molecule has 1 heterocycles. The smallest absolute Gasteiger partial charge is 0.237 e. The summed E-state index contributed by atoms with van der Waals surface area (Å²) in [6, 6.07) is 17.0. The van der Waals surface area contributed by atoms with E-state index in [1.807, 2.05) is 31.0 Å². The number of aryl methyl sites for hydroxylation is 1. The van der Waals surface area contributed by atoms with E-state index in [1.54, 1.807) is 0 Å². The van der Waals surface area contributed by atoms with Gasteiger partial charge in [-0.05, 0) is 49.4 Å².